The van der Waals surface area contributed by atoms with Crippen LogP contribution in [0.2, 0.25) is 0 Å². The molecule has 8 heteroatoms. The van der Waals surface area contributed by atoms with Gasteiger partial charge in [-0.05, 0) is 22.0 Å². The first-order valence-electron chi connectivity index (χ1n) is 4.92. The molecule has 2 rings (SSSR count). The van der Waals surface area contributed by atoms with Crippen LogP contribution < -0.4 is 16.2 Å². The van der Waals surface area contributed by atoms with Crippen molar-refractivity contribution in [3.63, 3.8) is 0 Å². The van der Waals surface area contributed by atoms with Crippen LogP contribution in [-0.2, 0) is 0 Å². The number of halogens is 2. The molecule has 0 saturated carbocycles. The SMILES string of the molecule is COc1cc(F)c2ncc(N)c(Br)c2c1.NC(=O)O. The Labute approximate surface area is 116 Å². The number of primary amides is 1. The molecule has 0 atom stereocenters. The summed E-state index contributed by atoms with van der Waals surface area (Å²) in [6.07, 6.45) is 0.0853. The molecule has 0 saturated heterocycles. The van der Waals surface area contributed by atoms with Gasteiger partial charge in [0.2, 0.25) is 0 Å². The molecule has 1 aromatic carbocycles. The highest BCUT2D eigenvalue weighted by Gasteiger charge is 2.10. The topological polar surface area (TPSA) is 111 Å². The molecule has 1 heterocycles. The van der Waals surface area contributed by atoms with Crippen LogP contribution in [0.25, 0.3) is 10.9 Å². The maximum atomic E-state index is 13.5. The number of amides is 1. The molecular weight excluding hydrogens is 321 g/mol. The van der Waals surface area contributed by atoms with Crippen LogP contribution in [0.1, 0.15) is 0 Å². The van der Waals surface area contributed by atoms with Gasteiger partial charge in [0.15, 0.2) is 5.82 Å². The van der Waals surface area contributed by atoms with Gasteiger partial charge in [-0.15, -0.1) is 0 Å². The minimum atomic E-state index is -1.33. The third-order valence-corrected chi connectivity index (χ3v) is 2.98. The fourth-order valence-corrected chi connectivity index (χ4v) is 1.74. The number of anilines is 1. The molecule has 2 aromatic rings. The average molecular weight is 332 g/mol. The molecule has 1 aromatic heterocycles. The van der Waals surface area contributed by atoms with Gasteiger partial charge in [-0.25, -0.2) is 9.18 Å². The summed E-state index contributed by atoms with van der Waals surface area (Å²) in [4.78, 5) is 12.7. The van der Waals surface area contributed by atoms with Crippen molar-refractivity contribution in [2.45, 2.75) is 0 Å². The predicted molar refractivity (Wildman–Crippen MR) is 72.6 cm³/mol. The van der Waals surface area contributed by atoms with Crippen molar-refractivity contribution in [1.29, 1.82) is 0 Å². The second-order valence-corrected chi connectivity index (χ2v) is 4.16. The lowest BCUT2D eigenvalue weighted by molar-refractivity contribution is 0.205. The number of fused-ring (bicyclic) bond motifs is 1. The minimum Gasteiger partial charge on any atom is -0.497 e. The van der Waals surface area contributed by atoms with Crippen molar-refractivity contribution in [2.75, 3.05) is 12.8 Å². The molecule has 6 nitrogen and oxygen atoms in total. The van der Waals surface area contributed by atoms with E-state index < -0.39 is 11.9 Å². The number of carboxylic acid groups (broad SMARTS) is 1. The van der Waals surface area contributed by atoms with Gasteiger partial charge in [0.25, 0.3) is 0 Å². The first-order chi connectivity index (χ1) is 8.86. The molecule has 5 N–H and O–H groups in total. The first-order valence-corrected chi connectivity index (χ1v) is 5.71. The quantitative estimate of drug-likeness (QED) is 0.742. The van der Waals surface area contributed by atoms with E-state index in [1.807, 2.05) is 0 Å². The smallest absolute Gasteiger partial charge is 0.402 e. The van der Waals surface area contributed by atoms with E-state index in [0.29, 0.717) is 21.3 Å². The number of benzene rings is 1. The van der Waals surface area contributed by atoms with Gasteiger partial charge in [0.1, 0.15) is 11.3 Å². The van der Waals surface area contributed by atoms with E-state index in [1.165, 1.54) is 19.4 Å². The second-order valence-electron chi connectivity index (χ2n) is 3.37. The lowest BCUT2D eigenvalue weighted by atomic mass is 10.2. The fraction of sp³-hybridized carbons (Fsp3) is 0.0909. The minimum absolute atomic E-state index is 0.275. The van der Waals surface area contributed by atoms with Crippen molar-refractivity contribution >= 4 is 38.6 Å². The molecule has 0 bridgehead atoms. The van der Waals surface area contributed by atoms with Crippen molar-refractivity contribution < 1.29 is 19.0 Å². The van der Waals surface area contributed by atoms with E-state index in [1.54, 1.807) is 6.07 Å². The zero-order valence-electron chi connectivity index (χ0n) is 9.85. The van der Waals surface area contributed by atoms with Crippen LogP contribution in [0.4, 0.5) is 14.9 Å². The zero-order valence-corrected chi connectivity index (χ0v) is 11.4. The molecule has 0 aliphatic carbocycles. The number of nitrogen functional groups attached to an aromatic ring is 1. The van der Waals surface area contributed by atoms with Gasteiger partial charge in [-0.2, -0.15) is 0 Å². The van der Waals surface area contributed by atoms with Gasteiger partial charge < -0.3 is 21.3 Å². The molecule has 0 spiro atoms. The Morgan fingerprint density at radius 3 is 2.63 bits per heavy atom. The van der Waals surface area contributed by atoms with Crippen molar-refractivity contribution in [2.24, 2.45) is 5.73 Å². The number of nitrogens with two attached hydrogens (primary N) is 2. The number of nitrogens with zero attached hydrogens (tertiary/aromatic N) is 1. The van der Waals surface area contributed by atoms with Crippen LogP contribution in [0.15, 0.2) is 22.8 Å². The molecular formula is C11H11BrFN3O3. The summed E-state index contributed by atoms with van der Waals surface area (Å²) >= 11 is 3.29. The number of rotatable bonds is 1. The summed E-state index contributed by atoms with van der Waals surface area (Å²) in [7, 11) is 1.48. The fourth-order valence-electron chi connectivity index (χ4n) is 1.34. The monoisotopic (exact) mass is 331 g/mol. The summed E-state index contributed by atoms with van der Waals surface area (Å²) in [5.41, 5.74) is 10.4. The predicted octanol–water partition coefficient (Wildman–Crippen LogP) is 2.35. The van der Waals surface area contributed by atoms with E-state index in [9.17, 15) is 4.39 Å². The molecule has 102 valence electrons. The maximum Gasteiger partial charge on any atom is 0.402 e. The Morgan fingerprint density at radius 2 is 2.11 bits per heavy atom. The largest absolute Gasteiger partial charge is 0.497 e. The highest BCUT2D eigenvalue weighted by atomic mass is 79.9. The van der Waals surface area contributed by atoms with Gasteiger partial charge in [0.05, 0.1) is 23.5 Å². The summed E-state index contributed by atoms with van der Waals surface area (Å²) in [6.45, 7) is 0. The average Bonchev–Trinajstić information content (AvgIpc) is 2.33. The number of carbonyl (C=O) groups is 1. The number of methoxy groups -OCH3 is 1. The summed E-state index contributed by atoms with van der Waals surface area (Å²) in [6, 6.07) is 2.98. The Kier molecular flexibility index (Phi) is 4.87. The lowest BCUT2D eigenvalue weighted by Crippen LogP contribution is -2.03. The Bertz CT molecular complexity index is 618. The van der Waals surface area contributed by atoms with Crippen LogP contribution in [0.5, 0.6) is 5.75 Å². The summed E-state index contributed by atoms with van der Waals surface area (Å²) in [5, 5.41) is 7.80. The highest BCUT2D eigenvalue weighted by molar-refractivity contribution is 9.10. The molecule has 0 unspecified atom stereocenters. The number of ether oxygens (including phenoxy) is 1. The molecule has 19 heavy (non-hydrogen) atoms. The Hall–Kier alpha value is -2.09. The molecule has 0 fully saturated rings. The lowest BCUT2D eigenvalue weighted by Gasteiger charge is -2.06. The zero-order chi connectivity index (χ0) is 14.6. The standard InChI is InChI=1S/C10H8BrFN2O.CH3NO2/c1-15-5-2-6-9(11)8(13)4-14-10(6)7(12)3-5;2-1(3)4/h2-4H,13H2,1H3;2H2,(H,3,4). The highest BCUT2D eigenvalue weighted by Crippen LogP contribution is 2.32. The Balaban J connectivity index is 0.000000399. The van der Waals surface area contributed by atoms with Gasteiger partial charge in [-0.3, -0.25) is 4.98 Å². The third kappa shape index (κ3) is 3.68. The van der Waals surface area contributed by atoms with E-state index in [4.69, 9.17) is 20.4 Å². The van der Waals surface area contributed by atoms with Crippen LogP contribution >= 0.6 is 15.9 Å². The normalized spacial score (nSPS) is 9.63. The number of hydrogen-bond acceptors (Lipinski definition) is 4. The van der Waals surface area contributed by atoms with Crippen molar-refractivity contribution in [3.8, 4) is 5.75 Å². The van der Waals surface area contributed by atoms with E-state index >= 15 is 0 Å². The molecule has 0 aliphatic rings. The van der Waals surface area contributed by atoms with Crippen LogP contribution in [-0.4, -0.2) is 23.3 Å². The molecule has 0 radical (unpaired) electrons. The second kappa shape index (κ2) is 6.19. The maximum absolute atomic E-state index is 13.5. The molecule has 1 amide bonds. The molecule has 0 aliphatic heterocycles. The third-order valence-electron chi connectivity index (χ3n) is 2.10. The van der Waals surface area contributed by atoms with Gasteiger partial charge in [0, 0.05) is 11.5 Å². The van der Waals surface area contributed by atoms with E-state index in [-0.39, 0.29) is 5.52 Å². The van der Waals surface area contributed by atoms with E-state index in [2.05, 4.69) is 26.6 Å². The Morgan fingerprint density at radius 1 is 1.53 bits per heavy atom. The number of hydrogen-bond donors (Lipinski definition) is 3. The van der Waals surface area contributed by atoms with E-state index in [0.717, 1.165) is 0 Å². The van der Waals surface area contributed by atoms with Crippen molar-refractivity contribution in [3.05, 3.63) is 28.6 Å². The summed E-state index contributed by atoms with van der Waals surface area (Å²) < 4.78 is 19.1. The van der Waals surface area contributed by atoms with Gasteiger partial charge in [-0.1, -0.05) is 0 Å². The van der Waals surface area contributed by atoms with Gasteiger partial charge >= 0.3 is 6.09 Å². The van der Waals surface area contributed by atoms with Crippen molar-refractivity contribution in [1.82, 2.24) is 4.98 Å². The van der Waals surface area contributed by atoms with Crippen LogP contribution in [0.3, 0.4) is 0 Å². The van der Waals surface area contributed by atoms with Crippen LogP contribution in [0, 0.1) is 5.82 Å². The first kappa shape index (κ1) is 15.0. The summed E-state index contributed by atoms with van der Waals surface area (Å²) in [5.74, 6) is 0.0122. The number of pyridine rings is 1. The number of aromatic nitrogens is 1.